The molecule has 0 saturated heterocycles. The number of rotatable bonds is 5. The molecule has 0 aliphatic carbocycles. The van der Waals surface area contributed by atoms with Crippen molar-refractivity contribution in [2.75, 3.05) is 4.72 Å². The minimum atomic E-state index is -4.93. The maximum Gasteiger partial charge on any atom is 0.341 e. The average molecular weight is 337 g/mol. The molecular weight excluding hydrogens is 328 g/mol. The zero-order valence-electron chi connectivity index (χ0n) is 10.2. The maximum atomic E-state index is 12.6. The number of nitrogens with one attached hydrogen (secondary N) is 2. The lowest BCUT2D eigenvalue weighted by Gasteiger charge is -2.11. The number of para-hydroxylation sites is 1. The number of anilines is 1. The van der Waals surface area contributed by atoms with E-state index in [1.165, 1.54) is 12.1 Å². The molecule has 1 aromatic carbocycles. The molecule has 0 spiro atoms. The second-order valence-electron chi connectivity index (χ2n) is 3.84. The topological polar surface area (TPSA) is 109 Å². The Kier molecular flexibility index (Phi) is 3.96. The second-order valence-corrected chi connectivity index (χ2v) is 7.41. The molecule has 7 nitrogen and oxygen atoms in total. The van der Waals surface area contributed by atoms with Gasteiger partial charge in [0.05, 0.1) is 16.8 Å². The molecule has 2 N–H and O–H groups in total. The van der Waals surface area contributed by atoms with Crippen LogP contribution in [0, 0.1) is 0 Å². The Hall–Kier alpha value is -2.01. The summed E-state index contributed by atoms with van der Waals surface area (Å²) in [5.41, 5.74) is -0.459. The van der Waals surface area contributed by atoms with E-state index in [0.717, 1.165) is 24.5 Å². The van der Waals surface area contributed by atoms with Gasteiger partial charge in [0.25, 0.3) is 10.0 Å². The van der Waals surface area contributed by atoms with Crippen LogP contribution >= 0.6 is 0 Å². The van der Waals surface area contributed by atoms with Crippen LogP contribution in [0.5, 0.6) is 0 Å². The van der Waals surface area contributed by atoms with Gasteiger partial charge < -0.3 is 0 Å². The molecule has 2 rings (SSSR count). The number of aromatic amines is 1. The summed E-state index contributed by atoms with van der Waals surface area (Å²) in [6, 6.07) is 4.50. The van der Waals surface area contributed by atoms with E-state index in [-0.39, 0.29) is 4.90 Å². The Balaban J connectivity index is 2.48. The van der Waals surface area contributed by atoms with Gasteiger partial charge >= 0.3 is 5.76 Å². The van der Waals surface area contributed by atoms with E-state index in [9.17, 15) is 25.6 Å². The van der Waals surface area contributed by atoms with Crippen LogP contribution in [-0.2, 0) is 19.9 Å². The van der Waals surface area contributed by atoms with Gasteiger partial charge in [-0.1, -0.05) is 12.1 Å². The number of nitrogens with zero attached hydrogens (tertiary/aromatic N) is 1. The zero-order valence-corrected chi connectivity index (χ0v) is 11.8. The van der Waals surface area contributed by atoms with Gasteiger partial charge in [-0.3, -0.25) is 9.82 Å². The summed E-state index contributed by atoms with van der Waals surface area (Å²) in [7, 11) is -9.06. The van der Waals surface area contributed by atoms with E-state index in [4.69, 9.17) is 0 Å². The van der Waals surface area contributed by atoms with Crippen LogP contribution < -0.4 is 4.72 Å². The first-order valence-electron chi connectivity index (χ1n) is 5.38. The van der Waals surface area contributed by atoms with Crippen molar-refractivity contribution in [3.63, 3.8) is 0 Å². The molecular formula is C10H9F2N3O4S2. The van der Waals surface area contributed by atoms with Crippen molar-refractivity contribution < 1.29 is 25.6 Å². The lowest BCUT2D eigenvalue weighted by molar-refractivity contribution is 0.235. The lowest BCUT2D eigenvalue weighted by Crippen LogP contribution is -2.18. The third kappa shape index (κ3) is 3.03. The molecule has 0 saturated carbocycles. The van der Waals surface area contributed by atoms with Gasteiger partial charge in [0.1, 0.15) is 4.90 Å². The van der Waals surface area contributed by atoms with Crippen LogP contribution in [-0.4, -0.2) is 32.8 Å². The maximum absolute atomic E-state index is 12.6. The predicted octanol–water partition coefficient (Wildman–Crippen LogP) is 1.21. The fourth-order valence-corrected chi connectivity index (χ4v) is 3.42. The molecule has 0 fully saturated rings. The van der Waals surface area contributed by atoms with Crippen LogP contribution in [0.1, 0.15) is 0 Å². The molecule has 0 amide bonds. The van der Waals surface area contributed by atoms with Gasteiger partial charge in [-0.2, -0.15) is 13.9 Å². The van der Waals surface area contributed by atoms with Crippen molar-refractivity contribution in [2.24, 2.45) is 0 Å². The van der Waals surface area contributed by atoms with Crippen molar-refractivity contribution >= 4 is 25.5 Å². The summed E-state index contributed by atoms with van der Waals surface area (Å²) in [4.78, 5) is -1.06. The molecule has 0 bridgehead atoms. The van der Waals surface area contributed by atoms with E-state index in [1.807, 2.05) is 4.72 Å². The molecule has 1 heterocycles. The van der Waals surface area contributed by atoms with Crippen molar-refractivity contribution in [3.05, 3.63) is 36.7 Å². The molecule has 0 atom stereocenters. The van der Waals surface area contributed by atoms with E-state index in [0.29, 0.717) is 0 Å². The molecule has 0 aliphatic rings. The SMILES string of the molecule is O=S(=O)(Nc1ccccc1S(=O)(=O)C(F)F)c1cn[nH]c1. The third-order valence-electron chi connectivity index (χ3n) is 2.46. The summed E-state index contributed by atoms with van der Waals surface area (Å²) in [5.74, 6) is -3.66. The van der Waals surface area contributed by atoms with Gasteiger partial charge in [0.2, 0.25) is 9.84 Å². The zero-order chi connectivity index (χ0) is 15.7. The Bertz CT molecular complexity index is 833. The highest BCUT2D eigenvalue weighted by molar-refractivity contribution is 7.93. The number of hydrogen-bond donors (Lipinski definition) is 2. The molecule has 0 unspecified atom stereocenters. The highest BCUT2D eigenvalue weighted by Gasteiger charge is 2.30. The van der Waals surface area contributed by atoms with Crippen molar-refractivity contribution in [1.29, 1.82) is 0 Å². The molecule has 0 aliphatic heterocycles. The van der Waals surface area contributed by atoms with Gasteiger partial charge in [0.15, 0.2) is 0 Å². The fraction of sp³-hybridized carbons (Fsp3) is 0.100. The number of halogens is 2. The standard InChI is InChI=1S/C10H9F2N3O4S2/c11-10(12)20(16,17)9-4-2-1-3-8(9)15-21(18,19)7-5-13-14-6-7/h1-6,10,15H,(H,13,14). The number of alkyl halides is 2. The number of sulfonamides is 1. The van der Waals surface area contributed by atoms with Crippen LogP contribution in [0.2, 0.25) is 0 Å². The first-order chi connectivity index (χ1) is 9.75. The molecule has 2 aromatic rings. The average Bonchev–Trinajstić information content (AvgIpc) is 2.93. The summed E-state index contributed by atoms with van der Waals surface area (Å²) in [5, 5.41) is 5.72. The molecule has 21 heavy (non-hydrogen) atoms. The van der Waals surface area contributed by atoms with E-state index < -0.39 is 36.2 Å². The first kappa shape index (κ1) is 15.4. The number of aromatic nitrogens is 2. The van der Waals surface area contributed by atoms with Crippen LogP contribution in [0.4, 0.5) is 14.5 Å². The number of sulfone groups is 1. The Morgan fingerprint density at radius 1 is 1.14 bits per heavy atom. The summed E-state index contributed by atoms with van der Waals surface area (Å²) in [6.07, 6.45) is 2.05. The number of benzene rings is 1. The first-order valence-corrected chi connectivity index (χ1v) is 8.41. The Morgan fingerprint density at radius 3 is 2.38 bits per heavy atom. The van der Waals surface area contributed by atoms with Crippen LogP contribution in [0.15, 0.2) is 46.5 Å². The predicted molar refractivity (Wildman–Crippen MR) is 69.0 cm³/mol. The molecule has 0 radical (unpaired) electrons. The van der Waals surface area contributed by atoms with Crippen molar-refractivity contribution in [1.82, 2.24) is 10.2 Å². The minimum absolute atomic E-state index is 0.258. The van der Waals surface area contributed by atoms with E-state index in [1.54, 1.807) is 0 Å². The van der Waals surface area contributed by atoms with Gasteiger partial charge in [-0.05, 0) is 12.1 Å². The van der Waals surface area contributed by atoms with Gasteiger partial charge in [-0.25, -0.2) is 16.8 Å². The van der Waals surface area contributed by atoms with Gasteiger partial charge in [0, 0.05) is 6.20 Å². The van der Waals surface area contributed by atoms with Crippen molar-refractivity contribution in [2.45, 2.75) is 15.5 Å². The van der Waals surface area contributed by atoms with Crippen LogP contribution in [0.25, 0.3) is 0 Å². The van der Waals surface area contributed by atoms with Crippen molar-refractivity contribution in [3.8, 4) is 0 Å². The second kappa shape index (κ2) is 5.41. The largest absolute Gasteiger partial charge is 0.341 e. The van der Waals surface area contributed by atoms with Crippen LogP contribution in [0.3, 0.4) is 0 Å². The van der Waals surface area contributed by atoms with E-state index in [2.05, 4.69) is 10.2 Å². The molecule has 11 heteroatoms. The quantitative estimate of drug-likeness (QED) is 0.852. The van der Waals surface area contributed by atoms with E-state index >= 15 is 0 Å². The Labute approximate surface area is 119 Å². The summed E-state index contributed by atoms with van der Waals surface area (Å²) < 4.78 is 74.1. The minimum Gasteiger partial charge on any atom is -0.284 e. The fourth-order valence-electron chi connectivity index (χ4n) is 1.48. The Morgan fingerprint density at radius 2 is 1.81 bits per heavy atom. The highest BCUT2D eigenvalue weighted by atomic mass is 32.2. The smallest absolute Gasteiger partial charge is 0.284 e. The molecule has 1 aromatic heterocycles. The molecule has 114 valence electrons. The third-order valence-corrected chi connectivity index (χ3v) is 5.23. The highest BCUT2D eigenvalue weighted by Crippen LogP contribution is 2.27. The number of hydrogen-bond acceptors (Lipinski definition) is 5. The monoisotopic (exact) mass is 337 g/mol. The van der Waals surface area contributed by atoms with Gasteiger partial charge in [-0.15, -0.1) is 0 Å². The lowest BCUT2D eigenvalue weighted by atomic mass is 10.3. The number of H-pyrrole nitrogens is 1. The summed E-state index contributed by atoms with van der Waals surface area (Å²) >= 11 is 0. The summed E-state index contributed by atoms with van der Waals surface area (Å²) in [6.45, 7) is 0. The normalized spacial score (nSPS) is 12.5.